The second-order valence-corrected chi connectivity index (χ2v) is 3.59. The largest absolute Gasteiger partial charge is 0.481 e. The van der Waals surface area contributed by atoms with E-state index < -0.39 is 0 Å². The van der Waals surface area contributed by atoms with Crippen LogP contribution in [0.4, 0.5) is 0 Å². The minimum atomic E-state index is -0.329. The van der Waals surface area contributed by atoms with Crippen LogP contribution in [0.15, 0.2) is 6.33 Å². The number of ether oxygens (including phenoxy) is 2. The lowest BCUT2D eigenvalue weighted by atomic mass is 10.2. The maximum atomic E-state index is 11.4. The molecule has 0 aliphatic rings. The smallest absolute Gasteiger partial charge is 0.236 e. The fraction of sp³-hybridized carbons (Fsp3) is 0.545. The van der Waals surface area contributed by atoms with Gasteiger partial charge < -0.3 is 20.1 Å². The van der Waals surface area contributed by atoms with Crippen molar-refractivity contribution in [1.82, 2.24) is 20.6 Å². The van der Waals surface area contributed by atoms with Crippen molar-refractivity contribution in [3.63, 3.8) is 0 Å². The van der Waals surface area contributed by atoms with Crippen LogP contribution in [0.2, 0.25) is 0 Å². The van der Waals surface area contributed by atoms with Crippen molar-refractivity contribution in [3.8, 4) is 11.8 Å². The number of methoxy groups -OCH3 is 2. The summed E-state index contributed by atoms with van der Waals surface area (Å²) in [6.07, 6.45) is 1.36. The maximum Gasteiger partial charge on any atom is 0.236 e. The predicted molar refractivity (Wildman–Crippen MR) is 65.5 cm³/mol. The molecule has 0 fully saturated rings. The summed E-state index contributed by atoms with van der Waals surface area (Å²) in [6.45, 7) is 2.14. The van der Waals surface area contributed by atoms with Gasteiger partial charge in [-0.15, -0.1) is 0 Å². The van der Waals surface area contributed by atoms with Gasteiger partial charge in [0.2, 0.25) is 17.7 Å². The molecular weight excluding hydrogens is 236 g/mol. The Labute approximate surface area is 106 Å². The third kappa shape index (κ3) is 3.30. The number of aromatic nitrogens is 2. The summed E-state index contributed by atoms with van der Waals surface area (Å²) in [5.41, 5.74) is 0.679. The van der Waals surface area contributed by atoms with E-state index in [1.807, 2.05) is 0 Å². The van der Waals surface area contributed by atoms with Gasteiger partial charge in [0.15, 0.2) is 0 Å². The molecule has 1 unspecified atom stereocenters. The molecule has 100 valence electrons. The molecule has 0 radical (unpaired) electrons. The van der Waals surface area contributed by atoms with E-state index >= 15 is 0 Å². The molecular formula is C11H18N4O3. The number of rotatable bonds is 6. The standard InChI is InChI=1S/C11H18N4O3/c1-7(9(16)12-2)13-5-8-10(17-3)14-6-15-11(8)18-4/h6-7,13H,5H2,1-4H3,(H,12,16). The predicted octanol–water partition coefficient (Wildman–Crippen LogP) is -0.282. The van der Waals surface area contributed by atoms with Gasteiger partial charge in [-0.05, 0) is 6.92 Å². The molecule has 7 heteroatoms. The molecule has 1 heterocycles. The Balaban J connectivity index is 2.80. The molecule has 18 heavy (non-hydrogen) atoms. The Morgan fingerprint density at radius 1 is 1.33 bits per heavy atom. The molecule has 1 aromatic rings. The average Bonchev–Trinajstić information content (AvgIpc) is 2.43. The van der Waals surface area contributed by atoms with Gasteiger partial charge in [0, 0.05) is 13.6 Å². The van der Waals surface area contributed by atoms with E-state index in [9.17, 15) is 4.79 Å². The normalized spacial score (nSPS) is 11.8. The molecule has 1 aromatic heterocycles. The van der Waals surface area contributed by atoms with Gasteiger partial charge in [0.05, 0.1) is 25.8 Å². The lowest BCUT2D eigenvalue weighted by Crippen LogP contribution is -2.40. The van der Waals surface area contributed by atoms with Crippen molar-refractivity contribution < 1.29 is 14.3 Å². The first-order valence-electron chi connectivity index (χ1n) is 5.50. The van der Waals surface area contributed by atoms with Crippen molar-refractivity contribution in [2.75, 3.05) is 21.3 Å². The Morgan fingerprint density at radius 2 is 1.89 bits per heavy atom. The molecule has 0 aliphatic heterocycles. The van der Waals surface area contributed by atoms with Gasteiger partial charge in [0.1, 0.15) is 6.33 Å². The van der Waals surface area contributed by atoms with E-state index in [2.05, 4.69) is 20.6 Å². The van der Waals surface area contributed by atoms with Crippen LogP contribution in [0.3, 0.4) is 0 Å². The van der Waals surface area contributed by atoms with Crippen molar-refractivity contribution >= 4 is 5.91 Å². The van der Waals surface area contributed by atoms with E-state index in [4.69, 9.17) is 9.47 Å². The number of carbonyl (C=O) groups is 1. The summed E-state index contributed by atoms with van der Waals surface area (Å²) < 4.78 is 10.3. The van der Waals surface area contributed by atoms with Crippen LogP contribution in [0.5, 0.6) is 11.8 Å². The highest BCUT2D eigenvalue weighted by Gasteiger charge is 2.16. The van der Waals surface area contributed by atoms with Crippen molar-refractivity contribution in [1.29, 1.82) is 0 Å². The van der Waals surface area contributed by atoms with Crippen LogP contribution >= 0.6 is 0 Å². The summed E-state index contributed by atoms with van der Waals surface area (Å²) >= 11 is 0. The van der Waals surface area contributed by atoms with Gasteiger partial charge in [-0.25, -0.2) is 9.97 Å². The zero-order chi connectivity index (χ0) is 13.5. The van der Waals surface area contributed by atoms with E-state index in [0.29, 0.717) is 23.9 Å². The van der Waals surface area contributed by atoms with E-state index in [-0.39, 0.29) is 11.9 Å². The summed E-state index contributed by atoms with van der Waals surface area (Å²) in [5.74, 6) is 0.765. The number of amides is 1. The van der Waals surface area contributed by atoms with E-state index in [1.165, 1.54) is 20.5 Å². The molecule has 1 atom stereocenters. The van der Waals surface area contributed by atoms with Gasteiger partial charge in [0.25, 0.3) is 0 Å². The van der Waals surface area contributed by atoms with Crippen LogP contribution in [0.1, 0.15) is 12.5 Å². The average molecular weight is 254 g/mol. The van der Waals surface area contributed by atoms with Crippen LogP contribution in [-0.2, 0) is 11.3 Å². The third-order valence-corrected chi connectivity index (χ3v) is 2.48. The second-order valence-electron chi connectivity index (χ2n) is 3.59. The number of nitrogens with zero attached hydrogens (tertiary/aromatic N) is 2. The van der Waals surface area contributed by atoms with Crippen LogP contribution in [0.25, 0.3) is 0 Å². The number of carbonyl (C=O) groups excluding carboxylic acids is 1. The van der Waals surface area contributed by atoms with Crippen molar-refractivity contribution in [3.05, 3.63) is 11.9 Å². The molecule has 1 amide bonds. The van der Waals surface area contributed by atoms with E-state index in [0.717, 1.165) is 0 Å². The molecule has 0 aromatic carbocycles. The summed E-state index contributed by atoms with van der Waals surface area (Å²) in [7, 11) is 4.63. The lowest BCUT2D eigenvalue weighted by Gasteiger charge is -2.15. The Bertz CT molecular complexity index is 389. The maximum absolute atomic E-state index is 11.4. The van der Waals surface area contributed by atoms with Crippen molar-refractivity contribution in [2.24, 2.45) is 0 Å². The fourth-order valence-corrected chi connectivity index (χ4v) is 1.45. The van der Waals surface area contributed by atoms with Crippen molar-refractivity contribution in [2.45, 2.75) is 19.5 Å². The highest BCUT2D eigenvalue weighted by atomic mass is 16.5. The monoisotopic (exact) mass is 254 g/mol. The van der Waals surface area contributed by atoms with Gasteiger partial charge in [-0.2, -0.15) is 0 Å². The Hall–Kier alpha value is -1.89. The summed E-state index contributed by atoms with van der Waals surface area (Å²) in [6, 6.07) is -0.329. The highest BCUT2D eigenvalue weighted by molar-refractivity contribution is 5.80. The first kappa shape index (κ1) is 14.2. The van der Waals surface area contributed by atoms with Crippen LogP contribution in [0, 0.1) is 0 Å². The molecule has 0 spiro atoms. The van der Waals surface area contributed by atoms with Gasteiger partial charge in [-0.3, -0.25) is 4.79 Å². The molecule has 0 saturated heterocycles. The highest BCUT2D eigenvalue weighted by Crippen LogP contribution is 2.22. The second kappa shape index (κ2) is 6.75. The molecule has 2 N–H and O–H groups in total. The van der Waals surface area contributed by atoms with E-state index in [1.54, 1.807) is 14.0 Å². The first-order valence-corrected chi connectivity index (χ1v) is 5.50. The molecule has 7 nitrogen and oxygen atoms in total. The topological polar surface area (TPSA) is 85.4 Å². The Kier molecular flexibility index (Phi) is 5.31. The summed E-state index contributed by atoms with van der Waals surface area (Å²) in [4.78, 5) is 19.4. The molecule has 0 bridgehead atoms. The minimum absolute atomic E-state index is 0.0928. The van der Waals surface area contributed by atoms with Crippen LogP contribution < -0.4 is 20.1 Å². The molecule has 0 aliphatic carbocycles. The van der Waals surface area contributed by atoms with Crippen LogP contribution in [-0.4, -0.2) is 43.2 Å². The summed E-state index contributed by atoms with van der Waals surface area (Å²) in [5, 5.41) is 5.61. The Morgan fingerprint density at radius 3 is 2.33 bits per heavy atom. The number of likely N-dealkylation sites (N-methyl/N-ethyl adjacent to an activating group) is 1. The fourth-order valence-electron chi connectivity index (χ4n) is 1.45. The molecule has 1 rings (SSSR count). The zero-order valence-corrected chi connectivity index (χ0v) is 11.0. The SMILES string of the molecule is CNC(=O)C(C)NCc1c(OC)ncnc1OC. The number of nitrogens with one attached hydrogen (secondary N) is 2. The lowest BCUT2D eigenvalue weighted by molar-refractivity contribution is -0.122. The third-order valence-electron chi connectivity index (χ3n) is 2.48. The number of hydrogen-bond donors (Lipinski definition) is 2. The van der Waals surface area contributed by atoms with Gasteiger partial charge in [-0.1, -0.05) is 0 Å². The minimum Gasteiger partial charge on any atom is -0.481 e. The molecule has 0 saturated carbocycles. The number of hydrogen-bond acceptors (Lipinski definition) is 6. The first-order chi connectivity index (χ1) is 8.63. The van der Waals surface area contributed by atoms with Gasteiger partial charge >= 0.3 is 0 Å². The quantitative estimate of drug-likeness (QED) is 0.726. The zero-order valence-electron chi connectivity index (χ0n) is 11.0.